The van der Waals surface area contributed by atoms with E-state index in [1.165, 1.54) is 0 Å². The molecule has 3 rings (SSSR count). The van der Waals surface area contributed by atoms with Crippen molar-refractivity contribution in [2.24, 2.45) is 0 Å². The molecule has 0 saturated heterocycles. The zero-order chi connectivity index (χ0) is 22.4. The second-order valence-electron chi connectivity index (χ2n) is 7.79. The molecule has 1 amide bonds. The van der Waals surface area contributed by atoms with Crippen molar-refractivity contribution in [3.8, 4) is 0 Å². The van der Waals surface area contributed by atoms with E-state index in [-0.39, 0.29) is 17.2 Å². The first-order valence-corrected chi connectivity index (χ1v) is 11.7. The molecule has 1 atom stereocenters. The van der Waals surface area contributed by atoms with E-state index in [0.717, 1.165) is 16.7 Å². The van der Waals surface area contributed by atoms with Crippen molar-refractivity contribution in [1.29, 1.82) is 0 Å². The maximum atomic E-state index is 13.3. The van der Waals surface area contributed by atoms with Gasteiger partial charge in [-0.1, -0.05) is 78.4 Å². The van der Waals surface area contributed by atoms with Crippen LogP contribution in [0.5, 0.6) is 0 Å². The van der Waals surface area contributed by atoms with Gasteiger partial charge in [0.05, 0.1) is 4.90 Å². The number of carbonyl (C=O) groups excluding carboxylic acids is 1. The van der Waals surface area contributed by atoms with Crippen LogP contribution < -0.4 is 10.0 Å². The molecule has 162 valence electrons. The number of carbonyl (C=O) groups is 1. The number of hydrogen-bond acceptors (Lipinski definition) is 3. The molecule has 0 heterocycles. The summed E-state index contributed by atoms with van der Waals surface area (Å²) in [6.45, 7) is 5.81. The van der Waals surface area contributed by atoms with Gasteiger partial charge in [-0.15, -0.1) is 0 Å². The van der Waals surface area contributed by atoms with Crippen LogP contribution in [-0.4, -0.2) is 20.4 Å². The van der Waals surface area contributed by atoms with Crippen molar-refractivity contribution < 1.29 is 13.2 Å². The second-order valence-corrected chi connectivity index (χ2v) is 9.45. The first kappa shape index (κ1) is 22.7. The Morgan fingerprint density at radius 2 is 1.35 bits per heavy atom. The molecule has 5 nitrogen and oxygen atoms in total. The molecule has 0 saturated carbocycles. The predicted molar refractivity (Wildman–Crippen MR) is 123 cm³/mol. The lowest BCUT2D eigenvalue weighted by molar-refractivity contribution is -0.122. The van der Waals surface area contributed by atoms with E-state index in [1.807, 2.05) is 79.7 Å². The molecule has 6 heteroatoms. The number of sulfonamides is 1. The quantitative estimate of drug-likeness (QED) is 0.564. The predicted octanol–water partition coefficient (Wildman–Crippen LogP) is 3.82. The van der Waals surface area contributed by atoms with E-state index in [9.17, 15) is 13.2 Å². The highest BCUT2D eigenvalue weighted by Gasteiger charge is 2.28. The minimum Gasteiger partial charge on any atom is -0.351 e. The molecule has 0 spiro atoms. The van der Waals surface area contributed by atoms with Gasteiger partial charge in [-0.2, -0.15) is 4.72 Å². The first-order valence-electron chi connectivity index (χ1n) is 10.2. The van der Waals surface area contributed by atoms with Gasteiger partial charge < -0.3 is 5.32 Å². The van der Waals surface area contributed by atoms with Gasteiger partial charge in [0.2, 0.25) is 15.9 Å². The molecule has 0 radical (unpaired) electrons. The number of benzene rings is 3. The van der Waals surface area contributed by atoms with Gasteiger partial charge in [0.25, 0.3) is 0 Å². The van der Waals surface area contributed by atoms with E-state index in [0.29, 0.717) is 17.7 Å². The van der Waals surface area contributed by atoms with Crippen LogP contribution in [0.25, 0.3) is 0 Å². The molecule has 0 aliphatic heterocycles. The summed E-state index contributed by atoms with van der Waals surface area (Å²) >= 11 is 0. The smallest absolute Gasteiger partial charge is 0.241 e. The van der Waals surface area contributed by atoms with Gasteiger partial charge in [0.1, 0.15) is 6.04 Å². The first-order chi connectivity index (χ1) is 14.8. The van der Waals surface area contributed by atoms with Crippen molar-refractivity contribution in [3.63, 3.8) is 0 Å². The van der Waals surface area contributed by atoms with Gasteiger partial charge in [-0.3, -0.25) is 4.79 Å². The molecule has 0 aromatic heterocycles. The summed E-state index contributed by atoms with van der Waals surface area (Å²) in [7, 11) is -3.90. The van der Waals surface area contributed by atoms with E-state index in [2.05, 4.69) is 10.0 Å². The molecule has 2 N–H and O–H groups in total. The normalized spacial score (nSPS) is 12.4. The lowest BCUT2D eigenvalue weighted by atomic mass is 10.1. The lowest BCUT2D eigenvalue weighted by Crippen LogP contribution is -2.48. The highest BCUT2D eigenvalue weighted by Crippen LogP contribution is 2.22. The molecule has 0 aliphatic carbocycles. The molecular weight excluding hydrogens is 408 g/mol. The van der Waals surface area contributed by atoms with Crippen LogP contribution in [0, 0.1) is 20.8 Å². The van der Waals surface area contributed by atoms with Crippen LogP contribution in [0.1, 0.15) is 27.8 Å². The fraction of sp³-hybridized carbons (Fsp3) is 0.240. The fourth-order valence-corrected chi connectivity index (χ4v) is 5.43. The molecule has 0 aliphatic rings. The summed E-state index contributed by atoms with van der Waals surface area (Å²) < 4.78 is 29.2. The lowest BCUT2D eigenvalue weighted by Gasteiger charge is -2.20. The van der Waals surface area contributed by atoms with Crippen molar-refractivity contribution in [2.75, 3.05) is 0 Å². The van der Waals surface area contributed by atoms with Crippen molar-refractivity contribution in [3.05, 3.63) is 101 Å². The number of nitrogens with one attached hydrogen (secondary N) is 2. The van der Waals surface area contributed by atoms with E-state index >= 15 is 0 Å². The van der Waals surface area contributed by atoms with Gasteiger partial charge in [0, 0.05) is 6.54 Å². The highest BCUT2D eigenvalue weighted by atomic mass is 32.2. The fourth-order valence-electron chi connectivity index (χ4n) is 3.78. The number of amides is 1. The number of aryl methyl sites for hydroxylation is 3. The average Bonchev–Trinajstić information content (AvgIpc) is 2.72. The molecule has 3 aromatic rings. The molecule has 0 fully saturated rings. The molecule has 3 aromatic carbocycles. The Hall–Kier alpha value is -2.96. The van der Waals surface area contributed by atoms with Crippen LogP contribution >= 0.6 is 0 Å². The molecule has 0 bridgehead atoms. The standard InChI is InChI=1S/C25H28N2O3S/c1-18-14-19(2)24(20(3)15-18)31(29,30)27-23(16-21-10-6-4-7-11-21)25(28)26-17-22-12-8-5-9-13-22/h4-15,23,27H,16-17H2,1-3H3,(H,26,28). The summed E-state index contributed by atoms with van der Waals surface area (Å²) in [6, 6.07) is 21.7. The van der Waals surface area contributed by atoms with E-state index in [1.54, 1.807) is 13.8 Å². The maximum absolute atomic E-state index is 13.3. The zero-order valence-corrected chi connectivity index (χ0v) is 18.9. The summed E-state index contributed by atoms with van der Waals surface area (Å²) in [6.07, 6.45) is 0.255. The van der Waals surface area contributed by atoms with Crippen LogP contribution in [0.15, 0.2) is 77.7 Å². The van der Waals surface area contributed by atoms with Gasteiger partial charge in [-0.05, 0) is 49.4 Å². The Labute approximate surface area is 184 Å². The van der Waals surface area contributed by atoms with Crippen LogP contribution in [0.3, 0.4) is 0 Å². The SMILES string of the molecule is Cc1cc(C)c(S(=O)(=O)NC(Cc2ccccc2)C(=O)NCc2ccccc2)c(C)c1. The topological polar surface area (TPSA) is 75.3 Å². The summed E-state index contributed by atoms with van der Waals surface area (Å²) in [5, 5.41) is 2.87. The maximum Gasteiger partial charge on any atom is 0.241 e. The third-order valence-electron chi connectivity index (χ3n) is 5.08. The Kier molecular flexibility index (Phi) is 7.25. The van der Waals surface area contributed by atoms with Gasteiger partial charge in [-0.25, -0.2) is 8.42 Å². The number of rotatable bonds is 8. The van der Waals surface area contributed by atoms with Gasteiger partial charge >= 0.3 is 0 Å². The zero-order valence-electron chi connectivity index (χ0n) is 18.1. The Bertz CT molecular complexity index is 1120. The van der Waals surface area contributed by atoms with Crippen LogP contribution in [-0.2, 0) is 27.8 Å². The minimum atomic E-state index is -3.90. The van der Waals surface area contributed by atoms with E-state index in [4.69, 9.17) is 0 Å². The third kappa shape index (κ3) is 6.03. The van der Waals surface area contributed by atoms with Crippen LogP contribution in [0.2, 0.25) is 0 Å². The van der Waals surface area contributed by atoms with Crippen molar-refractivity contribution in [1.82, 2.24) is 10.0 Å². The second kappa shape index (κ2) is 9.90. The summed E-state index contributed by atoms with van der Waals surface area (Å²) in [5.74, 6) is -0.362. The molecular formula is C25H28N2O3S. The molecule has 1 unspecified atom stereocenters. The largest absolute Gasteiger partial charge is 0.351 e. The van der Waals surface area contributed by atoms with Crippen LogP contribution in [0.4, 0.5) is 0 Å². The minimum absolute atomic E-state index is 0.229. The third-order valence-corrected chi connectivity index (χ3v) is 6.86. The monoisotopic (exact) mass is 436 g/mol. The average molecular weight is 437 g/mol. The Balaban J connectivity index is 1.86. The highest BCUT2D eigenvalue weighted by molar-refractivity contribution is 7.89. The number of hydrogen-bond donors (Lipinski definition) is 2. The van der Waals surface area contributed by atoms with Crippen molar-refractivity contribution in [2.45, 2.75) is 44.7 Å². The Morgan fingerprint density at radius 3 is 1.90 bits per heavy atom. The molecule has 31 heavy (non-hydrogen) atoms. The van der Waals surface area contributed by atoms with Crippen molar-refractivity contribution >= 4 is 15.9 Å². The van der Waals surface area contributed by atoms with Gasteiger partial charge in [0.15, 0.2) is 0 Å². The Morgan fingerprint density at radius 1 is 0.839 bits per heavy atom. The summed E-state index contributed by atoms with van der Waals surface area (Å²) in [4.78, 5) is 13.2. The van der Waals surface area contributed by atoms with E-state index < -0.39 is 16.1 Å². The summed E-state index contributed by atoms with van der Waals surface area (Å²) in [5.41, 5.74) is 4.14.